The van der Waals surface area contributed by atoms with Crippen molar-refractivity contribution in [2.75, 3.05) is 0 Å². The topological polar surface area (TPSA) is 0 Å². The second kappa shape index (κ2) is 2.78. The van der Waals surface area contributed by atoms with Crippen LogP contribution in [0, 0.1) is 0 Å². The Morgan fingerprint density at radius 2 is 1.75 bits per heavy atom. The van der Waals surface area contributed by atoms with Gasteiger partial charge in [-0.25, -0.2) is 4.20 Å². The van der Waals surface area contributed by atoms with Gasteiger partial charge in [0, 0.05) is 5.30 Å². The molecular formula is C6H5FP. The molecule has 1 aromatic rings. The summed E-state index contributed by atoms with van der Waals surface area (Å²) in [7, 11) is -0.151. The van der Waals surface area contributed by atoms with Crippen molar-refractivity contribution in [2.45, 2.75) is 0 Å². The van der Waals surface area contributed by atoms with Gasteiger partial charge in [-0.1, -0.05) is 30.3 Å². The molecule has 0 spiro atoms. The molecule has 0 heterocycles. The first-order valence-corrected chi connectivity index (χ1v) is 3.09. The summed E-state index contributed by atoms with van der Waals surface area (Å²) in [5, 5.41) is 0.715. The summed E-state index contributed by atoms with van der Waals surface area (Å²) < 4.78 is 11.7. The monoisotopic (exact) mass is 127 g/mol. The smallest absolute Gasteiger partial charge is 0.175 e. The second-order valence-corrected chi connectivity index (χ2v) is 2.11. The van der Waals surface area contributed by atoms with E-state index in [2.05, 4.69) is 0 Å². The Kier molecular flexibility index (Phi) is 1.99. The van der Waals surface area contributed by atoms with Gasteiger partial charge < -0.3 is 0 Å². The van der Waals surface area contributed by atoms with Gasteiger partial charge in [0.2, 0.25) is 0 Å². The number of hydrogen-bond donors (Lipinski definition) is 0. The lowest BCUT2D eigenvalue weighted by Crippen LogP contribution is -1.86. The van der Waals surface area contributed by atoms with Crippen LogP contribution in [0.5, 0.6) is 0 Å². The van der Waals surface area contributed by atoms with E-state index < -0.39 is 0 Å². The Morgan fingerprint density at radius 3 is 2.12 bits per heavy atom. The Morgan fingerprint density at radius 1 is 1.12 bits per heavy atom. The summed E-state index contributed by atoms with van der Waals surface area (Å²) in [6.45, 7) is 0. The highest BCUT2D eigenvalue weighted by Gasteiger charge is 1.85. The normalized spacial score (nSPS) is 10.6. The van der Waals surface area contributed by atoms with Crippen molar-refractivity contribution in [2.24, 2.45) is 0 Å². The number of halogens is 1. The summed E-state index contributed by atoms with van der Waals surface area (Å²) in [5.74, 6) is 0. The van der Waals surface area contributed by atoms with Gasteiger partial charge in [-0.15, -0.1) is 0 Å². The highest BCUT2D eigenvalue weighted by atomic mass is 31.1. The molecule has 0 amide bonds. The third-order valence-corrected chi connectivity index (χ3v) is 1.35. The van der Waals surface area contributed by atoms with Crippen molar-refractivity contribution in [1.29, 1.82) is 0 Å². The summed E-state index contributed by atoms with van der Waals surface area (Å²) >= 11 is 0. The van der Waals surface area contributed by atoms with Gasteiger partial charge in [0.05, 0.1) is 0 Å². The fourth-order valence-corrected chi connectivity index (χ4v) is 0.769. The Labute approximate surface area is 49.6 Å². The predicted molar refractivity (Wildman–Crippen MR) is 34.1 cm³/mol. The molecule has 0 saturated carbocycles. The van der Waals surface area contributed by atoms with E-state index in [0.29, 0.717) is 5.30 Å². The first-order chi connectivity index (χ1) is 3.93. The van der Waals surface area contributed by atoms with Crippen LogP contribution >= 0.6 is 8.89 Å². The highest BCUT2D eigenvalue weighted by Crippen LogP contribution is 2.08. The second-order valence-electron chi connectivity index (χ2n) is 1.42. The SMILES string of the molecule is F[P]c1ccccc1. The van der Waals surface area contributed by atoms with E-state index in [1.807, 2.05) is 18.2 Å². The van der Waals surface area contributed by atoms with Crippen molar-refractivity contribution in [1.82, 2.24) is 0 Å². The zero-order valence-electron chi connectivity index (χ0n) is 4.21. The minimum absolute atomic E-state index is 0.151. The Bertz CT molecular complexity index is 150. The molecule has 1 rings (SSSR count). The zero-order chi connectivity index (χ0) is 5.82. The van der Waals surface area contributed by atoms with Gasteiger partial charge in [0.15, 0.2) is 8.89 Å². The molecule has 41 valence electrons. The maximum Gasteiger partial charge on any atom is 0.175 e. The third-order valence-electron chi connectivity index (χ3n) is 0.854. The van der Waals surface area contributed by atoms with Crippen LogP contribution in [0.1, 0.15) is 0 Å². The fraction of sp³-hybridized carbons (Fsp3) is 0. The van der Waals surface area contributed by atoms with Crippen LogP contribution in [0.3, 0.4) is 0 Å². The van der Waals surface area contributed by atoms with Crippen LogP contribution in [0.2, 0.25) is 0 Å². The first kappa shape index (κ1) is 5.71. The summed E-state index contributed by atoms with van der Waals surface area (Å²) in [6, 6.07) is 9.02. The van der Waals surface area contributed by atoms with Crippen molar-refractivity contribution in [3.05, 3.63) is 30.3 Å². The molecule has 0 aliphatic rings. The first-order valence-electron chi connectivity index (χ1n) is 2.30. The molecule has 1 aromatic carbocycles. The molecule has 0 atom stereocenters. The summed E-state index contributed by atoms with van der Waals surface area (Å²) in [5.41, 5.74) is 0. The van der Waals surface area contributed by atoms with Crippen LogP contribution in [0.15, 0.2) is 30.3 Å². The molecule has 0 bridgehead atoms. The van der Waals surface area contributed by atoms with Crippen LogP contribution in [0.25, 0.3) is 0 Å². The van der Waals surface area contributed by atoms with Gasteiger partial charge in [-0.2, -0.15) is 0 Å². The number of benzene rings is 1. The van der Waals surface area contributed by atoms with E-state index in [4.69, 9.17) is 0 Å². The van der Waals surface area contributed by atoms with Crippen molar-refractivity contribution in [3.63, 3.8) is 0 Å². The average molecular weight is 127 g/mol. The van der Waals surface area contributed by atoms with E-state index in [9.17, 15) is 4.20 Å². The Hall–Kier alpha value is -0.420. The summed E-state index contributed by atoms with van der Waals surface area (Å²) in [6.07, 6.45) is 0. The lowest BCUT2D eigenvalue weighted by Gasteiger charge is -1.85. The minimum Gasteiger partial charge on any atom is -0.214 e. The maximum absolute atomic E-state index is 11.7. The average Bonchev–Trinajstić information content (AvgIpc) is 1.90. The van der Waals surface area contributed by atoms with E-state index in [1.165, 1.54) is 0 Å². The van der Waals surface area contributed by atoms with Crippen LogP contribution in [0.4, 0.5) is 4.20 Å². The number of rotatable bonds is 1. The standard InChI is InChI=1S/C6H5FP/c7-8-6-4-2-1-3-5-6/h1-5H. The zero-order valence-corrected chi connectivity index (χ0v) is 5.11. The van der Waals surface area contributed by atoms with E-state index in [-0.39, 0.29) is 8.89 Å². The molecule has 8 heavy (non-hydrogen) atoms. The number of hydrogen-bond acceptors (Lipinski definition) is 0. The van der Waals surface area contributed by atoms with Crippen molar-refractivity contribution in [3.8, 4) is 0 Å². The molecule has 1 radical (unpaired) electrons. The molecule has 0 aliphatic carbocycles. The molecule has 2 heteroatoms. The van der Waals surface area contributed by atoms with E-state index >= 15 is 0 Å². The highest BCUT2D eigenvalue weighted by molar-refractivity contribution is 7.41. The van der Waals surface area contributed by atoms with Gasteiger partial charge in [-0.05, 0) is 0 Å². The molecule has 0 nitrogen and oxygen atoms in total. The van der Waals surface area contributed by atoms with Crippen molar-refractivity contribution >= 4 is 14.2 Å². The minimum atomic E-state index is -0.151. The third kappa shape index (κ3) is 1.28. The van der Waals surface area contributed by atoms with Gasteiger partial charge >= 0.3 is 0 Å². The van der Waals surface area contributed by atoms with Crippen LogP contribution in [-0.2, 0) is 0 Å². The lowest BCUT2D eigenvalue weighted by molar-refractivity contribution is 0.929. The van der Waals surface area contributed by atoms with Gasteiger partial charge in [-0.3, -0.25) is 0 Å². The van der Waals surface area contributed by atoms with E-state index in [0.717, 1.165) is 0 Å². The molecule has 0 aromatic heterocycles. The molecule has 0 unspecified atom stereocenters. The molecule has 0 fully saturated rings. The molecular weight excluding hydrogens is 122 g/mol. The quantitative estimate of drug-likeness (QED) is 0.507. The Balaban J connectivity index is 2.83. The predicted octanol–water partition coefficient (Wildman–Crippen LogP) is 2.14. The van der Waals surface area contributed by atoms with Gasteiger partial charge in [0.1, 0.15) is 0 Å². The van der Waals surface area contributed by atoms with E-state index in [1.54, 1.807) is 12.1 Å². The molecule has 0 N–H and O–H groups in total. The largest absolute Gasteiger partial charge is 0.214 e. The lowest BCUT2D eigenvalue weighted by atomic mass is 10.4. The molecule has 0 aliphatic heterocycles. The van der Waals surface area contributed by atoms with Crippen LogP contribution in [-0.4, -0.2) is 0 Å². The summed E-state index contributed by atoms with van der Waals surface area (Å²) in [4.78, 5) is 0. The fourth-order valence-electron chi connectivity index (χ4n) is 0.484. The van der Waals surface area contributed by atoms with Crippen molar-refractivity contribution < 1.29 is 4.20 Å². The molecule has 0 saturated heterocycles. The van der Waals surface area contributed by atoms with Crippen LogP contribution < -0.4 is 5.30 Å². The maximum atomic E-state index is 11.7. The van der Waals surface area contributed by atoms with Gasteiger partial charge in [0.25, 0.3) is 0 Å².